The van der Waals surface area contributed by atoms with Crippen LogP contribution in [-0.4, -0.2) is 58.9 Å². The van der Waals surface area contributed by atoms with Crippen LogP contribution >= 0.6 is 23.2 Å². The summed E-state index contributed by atoms with van der Waals surface area (Å²) < 4.78 is 0. The highest BCUT2D eigenvalue weighted by Gasteiger charge is 2.31. The molecule has 2 amide bonds. The second kappa shape index (κ2) is 7.10. The molecule has 1 fully saturated rings. The molecule has 1 aromatic rings. The van der Waals surface area contributed by atoms with Crippen molar-refractivity contribution in [3.8, 4) is 0 Å². The van der Waals surface area contributed by atoms with Gasteiger partial charge in [0.2, 0.25) is 0 Å². The van der Waals surface area contributed by atoms with Crippen molar-refractivity contribution in [2.45, 2.75) is 19.4 Å². The number of hydrogen-bond acceptors (Lipinski definition) is 4. The van der Waals surface area contributed by atoms with Gasteiger partial charge >= 0.3 is 6.09 Å². The summed E-state index contributed by atoms with van der Waals surface area (Å²) in [5.41, 5.74) is 1.17. The van der Waals surface area contributed by atoms with Crippen molar-refractivity contribution in [1.82, 2.24) is 15.2 Å². The van der Waals surface area contributed by atoms with Gasteiger partial charge in [0.15, 0.2) is 0 Å². The van der Waals surface area contributed by atoms with Crippen LogP contribution in [0, 0.1) is 6.92 Å². The highest BCUT2D eigenvalue weighted by atomic mass is 35.5. The van der Waals surface area contributed by atoms with Gasteiger partial charge in [-0.05, 0) is 13.3 Å². The predicted molar refractivity (Wildman–Crippen MR) is 85.5 cm³/mol. The van der Waals surface area contributed by atoms with Crippen LogP contribution in [0.5, 0.6) is 0 Å². The standard InChI is InChI=1S/C13H16Cl2N4O4/c1-6-9(14)10(15)11(16-6)12(20)17-7-3-4-19(13(21)22)5-8(7)18-23-2/h7,16H,3-5H2,1-2H3,(H,17,20)(H,21,22). The molecule has 8 nitrogen and oxygen atoms in total. The summed E-state index contributed by atoms with van der Waals surface area (Å²) in [7, 11) is 1.36. The largest absolute Gasteiger partial charge is 0.465 e. The van der Waals surface area contributed by atoms with E-state index in [2.05, 4.69) is 15.5 Å². The number of aryl methyl sites for hydroxylation is 1. The van der Waals surface area contributed by atoms with Crippen molar-refractivity contribution in [2.75, 3.05) is 20.2 Å². The van der Waals surface area contributed by atoms with Gasteiger partial charge in [0, 0.05) is 12.2 Å². The third-order valence-corrected chi connectivity index (χ3v) is 4.46. The van der Waals surface area contributed by atoms with Gasteiger partial charge in [-0.1, -0.05) is 28.4 Å². The fourth-order valence-corrected chi connectivity index (χ4v) is 2.74. The number of nitrogens with zero attached hydrogens (tertiary/aromatic N) is 2. The number of piperidine rings is 1. The Morgan fingerprint density at radius 3 is 2.65 bits per heavy atom. The molecule has 1 aliphatic rings. The number of rotatable bonds is 3. The van der Waals surface area contributed by atoms with Crippen LogP contribution in [0.25, 0.3) is 0 Å². The summed E-state index contributed by atoms with van der Waals surface area (Å²) in [5, 5.41) is 16.1. The Labute approximate surface area is 142 Å². The molecule has 2 rings (SSSR count). The van der Waals surface area contributed by atoms with Crippen LogP contribution < -0.4 is 5.32 Å². The number of halogens is 2. The molecule has 3 N–H and O–H groups in total. The molecule has 0 saturated carbocycles. The van der Waals surface area contributed by atoms with Crippen LogP contribution in [0.2, 0.25) is 10.0 Å². The van der Waals surface area contributed by atoms with Crippen molar-refractivity contribution in [3.05, 3.63) is 21.4 Å². The van der Waals surface area contributed by atoms with Gasteiger partial charge in [0.05, 0.1) is 28.3 Å². The lowest BCUT2D eigenvalue weighted by Gasteiger charge is -2.31. The molecule has 0 radical (unpaired) electrons. The Balaban J connectivity index is 2.14. The lowest BCUT2D eigenvalue weighted by Crippen LogP contribution is -2.53. The molecule has 2 heterocycles. The number of amides is 2. The molecule has 1 aromatic heterocycles. The van der Waals surface area contributed by atoms with E-state index < -0.39 is 18.0 Å². The molecule has 23 heavy (non-hydrogen) atoms. The monoisotopic (exact) mass is 362 g/mol. The molecular weight excluding hydrogens is 347 g/mol. The molecule has 0 aliphatic carbocycles. The van der Waals surface area contributed by atoms with E-state index in [4.69, 9.17) is 33.1 Å². The van der Waals surface area contributed by atoms with Crippen molar-refractivity contribution in [2.24, 2.45) is 5.16 Å². The zero-order valence-electron chi connectivity index (χ0n) is 12.5. The van der Waals surface area contributed by atoms with E-state index in [0.29, 0.717) is 22.8 Å². The summed E-state index contributed by atoms with van der Waals surface area (Å²) in [6, 6.07) is -0.448. The summed E-state index contributed by atoms with van der Waals surface area (Å²) in [4.78, 5) is 32.2. The van der Waals surface area contributed by atoms with Crippen molar-refractivity contribution >= 4 is 40.9 Å². The SMILES string of the molecule is CON=C1CN(C(=O)O)CCC1NC(=O)c1[nH]c(C)c(Cl)c1Cl. The smallest absolute Gasteiger partial charge is 0.407 e. The van der Waals surface area contributed by atoms with Gasteiger partial charge in [0.1, 0.15) is 12.8 Å². The molecule has 10 heteroatoms. The average molecular weight is 363 g/mol. The maximum Gasteiger partial charge on any atom is 0.407 e. The van der Waals surface area contributed by atoms with Crippen molar-refractivity contribution < 1.29 is 19.5 Å². The third-order valence-electron chi connectivity index (χ3n) is 3.51. The molecule has 1 aliphatic heterocycles. The van der Waals surface area contributed by atoms with Gasteiger partial charge in [0.25, 0.3) is 5.91 Å². The first-order valence-electron chi connectivity index (χ1n) is 6.77. The average Bonchev–Trinajstić information content (AvgIpc) is 2.76. The topological polar surface area (TPSA) is 107 Å². The fraction of sp³-hybridized carbons (Fsp3) is 0.462. The van der Waals surface area contributed by atoms with E-state index in [1.54, 1.807) is 6.92 Å². The summed E-state index contributed by atoms with van der Waals surface area (Å²) >= 11 is 12.0. The van der Waals surface area contributed by atoms with E-state index >= 15 is 0 Å². The van der Waals surface area contributed by atoms with Crippen LogP contribution in [-0.2, 0) is 4.84 Å². The maximum absolute atomic E-state index is 12.4. The first kappa shape index (κ1) is 17.4. The van der Waals surface area contributed by atoms with E-state index in [9.17, 15) is 9.59 Å². The molecule has 1 unspecified atom stereocenters. The molecule has 1 saturated heterocycles. The Kier molecular flexibility index (Phi) is 5.38. The number of aromatic amines is 1. The number of oxime groups is 1. The normalized spacial score (nSPS) is 19.7. The summed E-state index contributed by atoms with van der Waals surface area (Å²) in [6.07, 6.45) is -0.668. The Morgan fingerprint density at radius 1 is 1.43 bits per heavy atom. The molecule has 0 bridgehead atoms. The summed E-state index contributed by atoms with van der Waals surface area (Å²) in [6.45, 7) is 2.04. The highest BCUT2D eigenvalue weighted by molar-refractivity contribution is 6.44. The van der Waals surface area contributed by atoms with Gasteiger partial charge in [-0.25, -0.2) is 4.79 Å². The quantitative estimate of drug-likeness (QED) is 0.715. The summed E-state index contributed by atoms with van der Waals surface area (Å²) in [5.74, 6) is -0.442. The van der Waals surface area contributed by atoms with Crippen molar-refractivity contribution in [3.63, 3.8) is 0 Å². The van der Waals surface area contributed by atoms with Crippen LogP contribution in [0.1, 0.15) is 22.6 Å². The number of nitrogens with one attached hydrogen (secondary N) is 2. The minimum absolute atomic E-state index is 0.0619. The van der Waals surface area contributed by atoms with Gasteiger partial charge in [-0.3, -0.25) is 4.79 Å². The number of hydrogen-bond donors (Lipinski definition) is 3. The van der Waals surface area contributed by atoms with Gasteiger partial charge in [-0.2, -0.15) is 0 Å². The number of carboxylic acid groups (broad SMARTS) is 1. The molecule has 0 spiro atoms. The number of carbonyl (C=O) groups is 2. The van der Waals surface area contributed by atoms with Gasteiger partial charge in [-0.15, -0.1) is 0 Å². The minimum atomic E-state index is -1.05. The lowest BCUT2D eigenvalue weighted by atomic mass is 10.0. The van der Waals surface area contributed by atoms with Gasteiger partial charge < -0.3 is 25.1 Å². The van der Waals surface area contributed by atoms with Crippen molar-refractivity contribution in [1.29, 1.82) is 0 Å². The molecule has 0 aromatic carbocycles. The first-order chi connectivity index (χ1) is 10.8. The maximum atomic E-state index is 12.4. The van der Waals surface area contributed by atoms with Crippen LogP contribution in [0.4, 0.5) is 4.79 Å². The zero-order valence-corrected chi connectivity index (χ0v) is 14.0. The fourth-order valence-electron chi connectivity index (χ4n) is 2.32. The number of carbonyl (C=O) groups excluding carboxylic acids is 1. The van der Waals surface area contributed by atoms with Crippen LogP contribution in [0.3, 0.4) is 0 Å². The van der Waals surface area contributed by atoms with E-state index in [1.807, 2.05) is 0 Å². The minimum Gasteiger partial charge on any atom is -0.465 e. The van der Waals surface area contributed by atoms with E-state index in [1.165, 1.54) is 12.0 Å². The number of likely N-dealkylation sites (tertiary alicyclic amines) is 1. The number of H-pyrrole nitrogens is 1. The number of aromatic nitrogens is 1. The molecule has 1 atom stereocenters. The second-order valence-electron chi connectivity index (χ2n) is 5.04. The lowest BCUT2D eigenvalue weighted by molar-refractivity contribution is 0.0933. The Bertz CT molecular complexity index is 659. The molecular formula is C13H16Cl2N4O4. The van der Waals surface area contributed by atoms with E-state index in [0.717, 1.165) is 0 Å². The highest BCUT2D eigenvalue weighted by Crippen LogP contribution is 2.29. The first-order valence-corrected chi connectivity index (χ1v) is 7.53. The molecule has 126 valence electrons. The Hall–Kier alpha value is -1.93. The third kappa shape index (κ3) is 3.70. The van der Waals surface area contributed by atoms with Crippen LogP contribution in [0.15, 0.2) is 5.16 Å². The van der Waals surface area contributed by atoms with E-state index in [-0.39, 0.29) is 23.8 Å². The Morgan fingerprint density at radius 2 is 2.13 bits per heavy atom. The second-order valence-corrected chi connectivity index (χ2v) is 5.79. The zero-order chi connectivity index (χ0) is 17.1. The predicted octanol–water partition coefficient (Wildman–Crippen LogP) is 2.11.